The first-order chi connectivity index (χ1) is 10.2. The van der Waals surface area contributed by atoms with Crippen LogP contribution in [0.3, 0.4) is 0 Å². The molecule has 6 heteroatoms. The van der Waals surface area contributed by atoms with Crippen LogP contribution in [-0.4, -0.2) is 29.9 Å². The summed E-state index contributed by atoms with van der Waals surface area (Å²) in [6.07, 6.45) is 3.02. The summed E-state index contributed by atoms with van der Waals surface area (Å²) in [6.45, 7) is 3.02. The SMILES string of the molecule is CCCNc1cc(Nc2cccc(OC)c2)nc(SC)n1. The molecule has 0 bridgehead atoms. The molecule has 0 spiro atoms. The van der Waals surface area contributed by atoms with Crippen LogP contribution in [0.4, 0.5) is 17.3 Å². The maximum atomic E-state index is 5.23. The Bertz CT molecular complexity index is 592. The zero-order chi connectivity index (χ0) is 15.1. The molecule has 0 atom stereocenters. The number of hydrogen-bond donors (Lipinski definition) is 2. The molecule has 2 N–H and O–H groups in total. The first kappa shape index (κ1) is 15.4. The van der Waals surface area contributed by atoms with E-state index in [1.165, 1.54) is 11.8 Å². The van der Waals surface area contributed by atoms with Crippen molar-refractivity contribution in [1.82, 2.24) is 9.97 Å². The van der Waals surface area contributed by atoms with Crippen molar-refractivity contribution in [3.63, 3.8) is 0 Å². The van der Waals surface area contributed by atoms with E-state index in [0.29, 0.717) is 0 Å². The Balaban J connectivity index is 2.21. The lowest BCUT2D eigenvalue weighted by molar-refractivity contribution is 0.415. The summed E-state index contributed by atoms with van der Waals surface area (Å²) < 4.78 is 5.23. The van der Waals surface area contributed by atoms with Crippen LogP contribution in [0, 0.1) is 0 Å². The normalized spacial score (nSPS) is 10.2. The number of aromatic nitrogens is 2. The summed E-state index contributed by atoms with van der Waals surface area (Å²) in [5, 5.41) is 7.31. The molecule has 0 radical (unpaired) electrons. The standard InChI is InChI=1S/C15H20N4OS/c1-4-8-16-13-10-14(19-15(18-13)21-3)17-11-6-5-7-12(9-11)20-2/h5-7,9-10H,4,8H2,1-3H3,(H2,16,17,18,19). The number of nitrogens with zero attached hydrogens (tertiary/aromatic N) is 2. The average molecular weight is 304 g/mol. The van der Waals surface area contributed by atoms with E-state index in [1.807, 2.05) is 36.6 Å². The molecule has 0 saturated heterocycles. The highest BCUT2D eigenvalue weighted by atomic mass is 32.2. The van der Waals surface area contributed by atoms with E-state index in [2.05, 4.69) is 27.5 Å². The van der Waals surface area contributed by atoms with Crippen LogP contribution in [-0.2, 0) is 0 Å². The van der Waals surface area contributed by atoms with E-state index >= 15 is 0 Å². The van der Waals surface area contributed by atoms with Crippen LogP contribution in [0.5, 0.6) is 5.75 Å². The van der Waals surface area contributed by atoms with Crippen molar-refractivity contribution in [2.24, 2.45) is 0 Å². The van der Waals surface area contributed by atoms with Gasteiger partial charge in [-0.1, -0.05) is 24.8 Å². The lowest BCUT2D eigenvalue weighted by Gasteiger charge is -2.11. The highest BCUT2D eigenvalue weighted by Crippen LogP contribution is 2.23. The average Bonchev–Trinajstić information content (AvgIpc) is 2.52. The van der Waals surface area contributed by atoms with E-state index in [9.17, 15) is 0 Å². The van der Waals surface area contributed by atoms with Gasteiger partial charge in [-0.25, -0.2) is 9.97 Å². The van der Waals surface area contributed by atoms with Gasteiger partial charge in [-0.15, -0.1) is 0 Å². The summed E-state index contributed by atoms with van der Waals surface area (Å²) in [5.74, 6) is 2.41. The van der Waals surface area contributed by atoms with E-state index < -0.39 is 0 Å². The quantitative estimate of drug-likeness (QED) is 0.600. The molecule has 21 heavy (non-hydrogen) atoms. The minimum atomic E-state index is 0.737. The molecule has 0 amide bonds. The molecule has 1 aromatic carbocycles. The molecule has 2 aromatic rings. The van der Waals surface area contributed by atoms with Crippen LogP contribution >= 0.6 is 11.8 Å². The monoisotopic (exact) mass is 304 g/mol. The molecule has 0 aliphatic rings. The Kier molecular flexibility index (Phi) is 5.68. The maximum Gasteiger partial charge on any atom is 0.191 e. The predicted molar refractivity (Wildman–Crippen MR) is 88.9 cm³/mol. The van der Waals surface area contributed by atoms with Crippen molar-refractivity contribution in [2.45, 2.75) is 18.5 Å². The summed E-state index contributed by atoms with van der Waals surface area (Å²) >= 11 is 1.52. The van der Waals surface area contributed by atoms with E-state index in [4.69, 9.17) is 4.74 Å². The third-order valence-electron chi connectivity index (χ3n) is 2.79. The zero-order valence-corrected chi connectivity index (χ0v) is 13.3. The topological polar surface area (TPSA) is 59.1 Å². The molecule has 112 valence electrons. The number of thioether (sulfide) groups is 1. The molecule has 2 rings (SSSR count). The van der Waals surface area contributed by atoms with Gasteiger partial charge in [0.2, 0.25) is 0 Å². The first-order valence-electron chi connectivity index (χ1n) is 6.83. The second-order valence-corrected chi connectivity index (χ2v) is 5.18. The number of methoxy groups -OCH3 is 1. The van der Waals surface area contributed by atoms with Crippen LogP contribution in [0.2, 0.25) is 0 Å². The second-order valence-electron chi connectivity index (χ2n) is 4.41. The Hall–Kier alpha value is -1.95. The van der Waals surface area contributed by atoms with Gasteiger partial charge in [0.25, 0.3) is 0 Å². The van der Waals surface area contributed by atoms with E-state index in [0.717, 1.165) is 41.2 Å². The third kappa shape index (κ3) is 4.53. The van der Waals surface area contributed by atoms with Gasteiger partial charge in [0.15, 0.2) is 5.16 Å². The number of benzene rings is 1. The highest BCUT2D eigenvalue weighted by molar-refractivity contribution is 7.98. The third-order valence-corrected chi connectivity index (χ3v) is 3.33. The van der Waals surface area contributed by atoms with Gasteiger partial charge in [-0.05, 0) is 24.8 Å². The van der Waals surface area contributed by atoms with Crippen molar-refractivity contribution in [1.29, 1.82) is 0 Å². The van der Waals surface area contributed by atoms with Crippen LogP contribution in [0.25, 0.3) is 0 Å². The van der Waals surface area contributed by atoms with Crippen LogP contribution < -0.4 is 15.4 Å². The lowest BCUT2D eigenvalue weighted by atomic mass is 10.3. The fourth-order valence-corrected chi connectivity index (χ4v) is 2.15. The molecule has 0 fully saturated rings. The van der Waals surface area contributed by atoms with Crippen molar-refractivity contribution in [3.05, 3.63) is 30.3 Å². The Labute approximate surface area is 129 Å². The van der Waals surface area contributed by atoms with Crippen molar-refractivity contribution < 1.29 is 4.74 Å². The van der Waals surface area contributed by atoms with Gasteiger partial charge in [-0.3, -0.25) is 0 Å². The maximum absolute atomic E-state index is 5.23. The van der Waals surface area contributed by atoms with E-state index in [1.54, 1.807) is 7.11 Å². The summed E-state index contributed by atoms with van der Waals surface area (Å²) in [4.78, 5) is 8.91. The summed E-state index contributed by atoms with van der Waals surface area (Å²) in [5.41, 5.74) is 0.932. The largest absolute Gasteiger partial charge is 0.497 e. The van der Waals surface area contributed by atoms with Gasteiger partial charge >= 0.3 is 0 Å². The minimum Gasteiger partial charge on any atom is -0.497 e. The fourth-order valence-electron chi connectivity index (χ4n) is 1.77. The second kappa shape index (κ2) is 7.73. The van der Waals surface area contributed by atoms with Gasteiger partial charge in [0, 0.05) is 24.4 Å². The van der Waals surface area contributed by atoms with Gasteiger partial charge < -0.3 is 15.4 Å². The van der Waals surface area contributed by atoms with E-state index in [-0.39, 0.29) is 0 Å². The minimum absolute atomic E-state index is 0.737. The van der Waals surface area contributed by atoms with Gasteiger partial charge in [-0.2, -0.15) is 0 Å². The zero-order valence-electron chi connectivity index (χ0n) is 12.5. The molecule has 1 aromatic heterocycles. The smallest absolute Gasteiger partial charge is 0.191 e. The van der Waals surface area contributed by atoms with Crippen molar-refractivity contribution >= 4 is 29.1 Å². The van der Waals surface area contributed by atoms with Crippen LogP contribution in [0.1, 0.15) is 13.3 Å². The highest BCUT2D eigenvalue weighted by Gasteiger charge is 2.05. The first-order valence-corrected chi connectivity index (χ1v) is 8.05. The Morgan fingerprint density at radius 3 is 2.71 bits per heavy atom. The predicted octanol–water partition coefficient (Wildman–Crippen LogP) is 3.77. The van der Waals surface area contributed by atoms with Crippen molar-refractivity contribution in [3.8, 4) is 5.75 Å². The van der Waals surface area contributed by atoms with Gasteiger partial charge in [0.1, 0.15) is 17.4 Å². The number of hydrogen-bond acceptors (Lipinski definition) is 6. The Morgan fingerprint density at radius 2 is 2.00 bits per heavy atom. The van der Waals surface area contributed by atoms with Crippen molar-refractivity contribution in [2.75, 3.05) is 30.5 Å². The molecular formula is C15H20N4OS. The number of anilines is 3. The Morgan fingerprint density at radius 1 is 1.19 bits per heavy atom. The summed E-state index contributed by atoms with van der Waals surface area (Å²) in [6, 6.07) is 9.66. The summed E-state index contributed by atoms with van der Waals surface area (Å²) in [7, 11) is 1.66. The lowest BCUT2D eigenvalue weighted by Crippen LogP contribution is -2.05. The molecule has 5 nitrogen and oxygen atoms in total. The molecule has 0 aliphatic heterocycles. The van der Waals surface area contributed by atoms with Crippen LogP contribution in [0.15, 0.2) is 35.5 Å². The van der Waals surface area contributed by atoms with Gasteiger partial charge in [0.05, 0.1) is 7.11 Å². The molecule has 1 heterocycles. The number of ether oxygens (including phenoxy) is 1. The number of nitrogens with one attached hydrogen (secondary N) is 2. The molecule has 0 saturated carbocycles. The number of rotatable bonds is 7. The molecular weight excluding hydrogens is 284 g/mol. The fraction of sp³-hybridized carbons (Fsp3) is 0.333. The molecule has 0 unspecified atom stereocenters. The molecule has 0 aliphatic carbocycles.